The monoisotopic (exact) mass is 354 g/mol. The van der Waals surface area contributed by atoms with Crippen molar-refractivity contribution in [2.75, 3.05) is 0 Å². The van der Waals surface area contributed by atoms with E-state index in [1.165, 1.54) is 6.92 Å². The van der Waals surface area contributed by atoms with E-state index in [9.17, 15) is 15.0 Å². The summed E-state index contributed by atoms with van der Waals surface area (Å²) < 4.78 is 5.71. The van der Waals surface area contributed by atoms with E-state index in [1.54, 1.807) is 6.07 Å². The fourth-order valence-corrected chi connectivity index (χ4v) is 6.32. The van der Waals surface area contributed by atoms with E-state index in [1.807, 2.05) is 12.1 Å². The topological polar surface area (TPSA) is 66.8 Å². The number of rotatable bonds is 1. The van der Waals surface area contributed by atoms with E-state index in [0.29, 0.717) is 24.7 Å². The maximum Gasteiger partial charge on any atom is 0.304 e. The van der Waals surface area contributed by atoms with Crippen LogP contribution in [0, 0.1) is 29.6 Å². The molecule has 0 radical (unpaired) electrons. The highest BCUT2D eigenvalue weighted by molar-refractivity contribution is 5.67. The zero-order valence-electron chi connectivity index (χ0n) is 15.4. The van der Waals surface area contributed by atoms with E-state index >= 15 is 0 Å². The van der Waals surface area contributed by atoms with Gasteiger partial charge in [-0.25, -0.2) is 0 Å². The number of hydrogen-bond acceptors (Lipinski definition) is 4. The van der Waals surface area contributed by atoms with Gasteiger partial charge in [0.25, 0.3) is 0 Å². The third-order valence-corrected chi connectivity index (χ3v) is 7.36. The zero-order chi connectivity index (χ0) is 18.7. The largest absolute Gasteiger partial charge is 0.508 e. The third-order valence-electron chi connectivity index (χ3n) is 7.36. The molecule has 0 heterocycles. The lowest BCUT2D eigenvalue weighted by Crippen LogP contribution is -2.55. The smallest absolute Gasteiger partial charge is 0.304 e. The van der Waals surface area contributed by atoms with Crippen LogP contribution in [-0.2, 0) is 16.0 Å². The summed E-state index contributed by atoms with van der Waals surface area (Å²) in [5.74, 6) is 3.41. The Kier molecular flexibility index (Phi) is 3.86. The van der Waals surface area contributed by atoms with Gasteiger partial charge in [0.1, 0.15) is 5.75 Å². The van der Waals surface area contributed by atoms with Crippen LogP contribution in [0.4, 0.5) is 0 Å². The average molecular weight is 354 g/mol. The van der Waals surface area contributed by atoms with Crippen molar-refractivity contribution in [2.45, 2.75) is 63.6 Å². The van der Waals surface area contributed by atoms with Gasteiger partial charge in [0.05, 0.1) is 6.10 Å². The Bertz CT molecular complexity index is 794. The highest BCUT2D eigenvalue weighted by Crippen LogP contribution is 2.65. The van der Waals surface area contributed by atoms with Gasteiger partial charge in [0.15, 0.2) is 5.60 Å². The van der Waals surface area contributed by atoms with Gasteiger partial charge in [-0.2, -0.15) is 0 Å². The number of carbonyl (C=O) groups excluding carboxylic acids is 1. The molecule has 0 unspecified atom stereocenters. The van der Waals surface area contributed by atoms with Crippen LogP contribution < -0.4 is 0 Å². The number of aliphatic hydroxyl groups excluding tert-OH is 1. The maximum absolute atomic E-state index is 11.7. The van der Waals surface area contributed by atoms with E-state index in [-0.39, 0.29) is 17.6 Å². The minimum atomic E-state index is -0.926. The molecule has 0 spiro atoms. The van der Waals surface area contributed by atoms with Gasteiger partial charge in [0.2, 0.25) is 0 Å². The molecule has 4 nitrogen and oxygen atoms in total. The molecule has 2 saturated carbocycles. The molecule has 26 heavy (non-hydrogen) atoms. The summed E-state index contributed by atoms with van der Waals surface area (Å²) in [6.45, 7) is 3.50. The lowest BCUT2D eigenvalue weighted by molar-refractivity contribution is -0.171. The first-order valence-corrected chi connectivity index (χ1v) is 9.48. The summed E-state index contributed by atoms with van der Waals surface area (Å²) in [6, 6.07) is 5.50. The van der Waals surface area contributed by atoms with Crippen molar-refractivity contribution in [3.63, 3.8) is 0 Å². The normalized spacial score (nSPS) is 40.7. The van der Waals surface area contributed by atoms with E-state index in [0.717, 1.165) is 30.4 Å². The molecule has 3 aliphatic rings. The molecule has 138 valence electrons. The molecule has 3 aliphatic carbocycles. The lowest BCUT2D eigenvalue weighted by atomic mass is 9.52. The summed E-state index contributed by atoms with van der Waals surface area (Å²) >= 11 is 0. The lowest BCUT2D eigenvalue weighted by Gasteiger charge is -2.54. The average Bonchev–Trinajstić information content (AvgIpc) is 2.86. The van der Waals surface area contributed by atoms with Crippen LogP contribution in [0.2, 0.25) is 0 Å². The van der Waals surface area contributed by atoms with E-state index in [4.69, 9.17) is 11.2 Å². The Morgan fingerprint density at radius 1 is 1.38 bits per heavy atom. The van der Waals surface area contributed by atoms with Crippen LogP contribution in [-0.4, -0.2) is 27.9 Å². The second-order valence-corrected chi connectivity index (χ2v) is 8.51. The molecular weight excluding hydrogens is 328 g/mol. The molecule has 2 fully saturated rings. The molecule has 6 atom stereocenters. The predicted octanol–water partition coefficient (Wildman–Crippen LogP) is 3.15. The number of carbonyl (C=O) groups is 1. The van der Waals surface area contributed by atoms with Crippen molar-refractivity contribution in [2.24, 2.45) is 17.3 Å². The number of hydrogen-bond donors (Lipinski definition) is 2. The number of phenols is 1. The van der Waals surface area contributed by atoms with Crippen LogP contribution in [0.15, 0.2) is 18.2 Å². The van der Waals surface area contributed by atoms with Crippen molar-refractivity contribution in [1.29, 1.82) is 0 Å². The molecule has 0 saturated heterocycles. The van der Waals surface area contributed by atoms with Crippen LogP contribution in [0.3, 0.4) is 0 Å². The minimum Gasteiger partial charge on any atom is -0.508 e. The second-order valence-electron chi connectivity index (χ2n) is 8.51. The molecule has 2 N–H and O–H groups in total. The molecule has 0 aliphatic heterocycles. The van der Waals surface area contributed by atoms with Crippen molar-refractivity contribution in [3.8, 4) is 18.1 Å². The molecule has 0 amide bonds. The Hall–Kier alpha value is -1.99. The Morgan fingerprint density at radius 2 is 2.15 bits per heavy atom. The van der Waals surface area contributed by atoms with Gasteiger partial charge < -0.3 is 14.9 Å². The molecule has 4 heteroatoms. The molecule has 0 bridgehead atoms. The maximum atomic E-state index is 11.7. The van der Waals surface area contributed by atoms with Gasteiger partial charge in [0, 0.05) is 18.3 Å². The fraction of sp³-hybridized carbons (Fsp3) is 0.591. The van der Waals surface area contributed by atoms with Gasteiger partial charge >= 0.3 is 5.97 Å². The van der Waals surface area contributed by atoms with Crippen molar-refractivity contribution in [1.82, 2.24) is 0 Å². The van der Waals surface area contributed by atoms with E-state index in [2.05, 4.69) is 12.8 Å². The highest BCUT2D eigenvalue weighted by Gasteiger charge is 2.65. The first-order valence-electron chi connectivity index (χ1n) is 9.48. The van der Waals surface area contributed by atoms with Gasteiger partial charge in [-0.1, -0.05) is 18.9 Å². The van der Waals surface area contributed by atoms with Crippen LogP contribution >= 0.6 is 0 Å². The fourth-order valence-electron chi connectivity index (χ4n) is 6.32. The summed E-state index contributed by atoms with van der Waals surface area (Å²) in [5, 5.41) is 20.9. The number of esters is 1. The second kappa shape index (κ2) is 5.76. The van der Waals surface area contributed by atoms with Gasteiger partial charge in [-0.3, -0.25) is 4.79 Å². The van der Waals surface area contributed by atoms with Crippen molar-refractivity contribution >= 4 is 5.97 Å². The Labute approximate surface area is 154 Å². The first-order chi connectivity index (χ1) is 12.3. The molecule has 1 aromatic carbocycles. The molecule has 0 aromatic heterocycles. The summed E-state index contributed by atoms with van der Waals surface area (Å²) in [7, 11) is 0. The summed E-state index contributed by atoms with van der Waals surface area (Å²) in [5.41, 5.74) is 0.946. The number of terminal acetylenes is 1. The number of aromatic hydroxyl groups is 1. The number of ether oxygens (including phenoxy) is 1. The number of fused-ring (bicyclic) bond motifs is 5. The highest BCUT2D eigenvalue weighted by atomic mass is 16.6. The third kappa shape index (κ3) is 2.23. The quantitative estimate of drug-likeness (QED) is 0.601. The van der Waals surface area contributed by atoms with Crippen molar-refractivity contribution in [3.05, 3.63) is 29.3 Å². The van der Waals surface area contributed by atoms with Crippen LogP contribution in [0.5, 0.6) is 5.75 Å². The van der Waals surface area contributed by atoms with Crippen LogP contribution in [0.25, 0.3) is 0 Å². The van der Waals surface area contributed by atoms with Crippen molar-refractivity contribution < 1.29 is 19.7 Å². The minimum absolute atomic E-state index is 0.0586. The predicted molar refractivity (Wildman–Crippen MR) is 97.4 cm³/mol. The SMILES string of the molecule is C#C[C@]1(OC(C)=O)CC[C@H]2[C@@H]3CCc4cc(O)ccc4[C@H]3[C@H](O)C[C@@]21C. The zero-order valence-corrected chi connectivity index (χ0v) is 15.4. The van der Waals surface area contributed by atoms with E-state index < -0.39 is 17.1 Å². The van der Waals surface area contributed by atoms with Gasteiger partial charge in [-0.15, -0.1) is 6.42 Å². The molecular formula is C22H26O4. The number of phenolic OH excluding ortho intramolecular Hbond substituents is 1. The van der Waals surface area contributed by atoms with Gasteiger partial charge in [-0.05, 0) is 67.2 Å². The number of benzene rings is 1. The van der Waals surface area contributed by atoms with Crippen LogP contribution in [0.1, 0.15) is 56.6 Å². The standard InChI is InChI=1S/C22H26O4/c1-4-22(26-13(2)23)10-9-18-17-7-5-14-11-15(24)6-8-16(14)20(17)19(25)12-21(18,22)3/h1,6,8,11,17-20,24-25H,5,7,9-10,12H2,2-3H3/t17-,18-,19+,20+,21-,22-/m0/s1. The summed E-state index contributed by atoms with van der Waals surface area (Å²) in [6.07, 6.45) is 9.28. The Morgan fingerprint density at radius 3 is 2.85 bits per heavy atom. The Balaban J connectivity index is 1.75. The summed E-state index contributed by atoms with van der Waals surface area (Å²) in [4.78, 5) is 11.7. The number of aliphatic hydroxyl groups is 1. The first kappa shape index (κ1) is 17.4. The molecule has 4 rings (SSSR count). The number of aryl methyl sites for hydroxylation is 1. The molecule has 1 aromatic rings.